The zero-order valence-corrected chi connectivity index (χ0v) is 12.2. The van der Waals surface area contributed by atoms with E-state index in [1.54, 1.807) is 0 Å². The van der Waals surface area contributed by atoms with Gasteiger partial charge in [-0.1, -0.05) is 0 Å². The third-order valence-electron chi connectivity index (χ3n) is 2.53. The van der Waals surface area contributed by atoms with E-state index in [9.17, 15) is 16.8 Å². The van der Waals surface area contributed by atoms with Crippen molar-refractivity contribution in [3.05, 3.63) is 0 Å². The second kappa shape index (κ2) is 6.33. The molecule has 1 atom stereocenters. The molecule has 0 bridgehead atoms. The van der Waals surface area contributed by atoms with Crippen molar-refractivity contribution >= 4 is 32.3 Å². The van der Waals surface area contributed by atoms with Crippen LogP contribution in [0.4, 0.5) is 0 Å². The summed E-state index contributed by atoms with van der Waals surface area (Å²) in [6.45, 7) is 0.742. The van der Waals surface area contributed by atoms with Gasteiger partial charge < -0.3 is 5.73 Å². The molecule has 0 aromatic heterocycles. The highest BCUT2D eigenvalue weighted by atomic mass is 35.5. The number of nitrogens with two attached hydrogens (primary N) is 1. The zero-order valence-electron chi connectivity index (χ0n) is 9.70. The minimum Gasteiger partial charge on any atom is -0.327 e. The maximum absolute atomic E-state index is 11.8. The van der Waals surface area contributed by atoms with Gasteiger partial charge in [-0.3, -0.25) is 0 Å². The molecule has 17 heavy (non-hydrogen) atoms. The van der Waals surface area contributed by atoms with E-state index in [0.717, 1.165) is 19.1 Å². The van der Waals surface area contributed by atoms with Gasteiger partial charge in [0.25, 0.3) is 0 Å². The van der Waals surface area contributed by atoms with Crippen LogP contribution >= 0.6 is 12.4 Å². The Balaban J connectivity index is 0.00000256. The van der Waals surface area contributed by atoms with Crippen LogP contribution in [-0.4, -0.2) is 58.0 Å². The number of nitrogens with zero attached hydrogens (tertiary/aromatic N) is 1. The summed E-state index contributed by atoms with van der Waals surface area (Å²) >= 11 is 0. The van der Waals surface area contributed by atoms with E-state index in [0.29, 0.717) is 13.1 Å². The largest absolute Gasteiger partial charge is 0.327 e. The standard InChI is InChI=1S/C8H18N2O4S2.ClH/c1-15(11,12)5-6-16(13,14)10-4-2-3-8(9)7-10;/h8H,2-7,9H2,1H3;1H. The average Bonchev–Trinajstić information content (AvgIpc) is 2.14. The Bertz CT molecular complexity index is 434. The van der Waals surface area contributed by atoms with Crippen LogP contribution in [-0.2, 0) is 19.9 Å². The first kappa shape index (κ1) is 17.1. The lowest BCUT2D eigenvalue weighted by atomic mass is 10.1. The maximum atomic E-state index is 11.8. The number of piperidine rings is 1. The molecule has 6 nitrogen and oxygen atoms in total. The van der Waals surface area contributed by atoms with E-state index in [1.807, 2.05) is 0 Å². The van der Waals surface area contributed by atoms with Crippen molar-refractivity contribution in [3.8, 4) is 0 Å². The van der Waals surface area contributed by atoms with Crippen LogP contribution < -0.4 is 5.73 Å². The first-order valence-corrected chi connectivity index (χ1v) is 8.79. The number of sulfonamides is 1. The molecule has 104 valence electrons. The van der Waals surface area contributed by atoms with Crippen LogP contribution in [0, 0.1) is 0 Å². The molecule has 1 heterocycles. The molecule has 0 saturated carbocycles. The third-order valence-corrected chi connectivity index (χ3v) is 5.57. The molecule has 1 aliphatic rings. The smallest absolute Gasteiger partial charge is 0.215 e. The Labute approximate surface area is 109 Å². The van der Waals surface area contributed by atoms with E-state index in [2.05, 4.69) is 0 Å². The van der Waals surface area contributed by atoms with Gasteiger partial charge in [0.15, 0.2) is 0 Å². The first-order chi connectivity index (χ1) is 7.21. The third kappa shape index (κ3) is 6.01. The molecule has 1 unspecified atom stereocenters. The van der Waals surface area contributed by atoms with Crippen molar-refractivity contribution in [2.24, 2.45) is 5.73 Å². The highest BCUT2D eigenvalue weighted by Crippen LogP contribution is 2.13. The van der Waals surface area contributed by atoms with Gasteiger partial charge in [0.1, 0.15) is 9.84 Å². The molecule has 9 heteroatoms. The lowest BCUT2D eigenvalue weighted by molar-refractivity contribution is 0.316. The van der Waals surface area contributed by atoms with Crippen molar-refractivity contribution < 1.29 is 16.8 Å². The van der Waals surface area contributed by atoms with Crippen LogP contribution in [0.5, 0.6) is 0 Å². The van der Waals surface area contributed by atoms with Crippen LogP contribution in [0.3, 0.4) is 0 Å². The van der Waals surface area contributed by atoms with Gasteiger partial charge in [-0.2, -0.15) is 0 Å². The van der Waals surface area contributed by atoms with Gasteiger partial charge in [0, 0.05) is 25.4 Å². The molecule has 1 saturated heterocycles. The summed E-state index contributed by atoms with van der Waals surface area (Å²) < 4.78 is 46.7. The molecule has 1 fully saturated rings. The monoisotopic (exact) mass is 306 g/mol. The number of hydrogen-bond donors (Lipinski definition) is 1. The highest BCUT2D eigenvalue weighted by Gasteiger charge is 2.27. The van der Waals surface area contributed by atoms with Gasteiger partial charge in [-0.05, 0) is 12.8 Å². The average molecular weight is 307 g/mol. The second-order valence-corrected chi connectivity index (χ2v) is 8.55. The fourth-order valence-electron chi connectivity index (χ4n) is 1.61. The Kier molecular flexibility index (Phi) is 6.37. The molecule has 1 rings (SSSR count). The van der Waals surface area contributed by atoms with Crippen LogP contribution in [0.25, 0.3) is 0 Å². The molecule has 0 radical (unpaired) electrons. The predicted octanol–water partition coefficient (Wildman–Crippen LogP) is -0.794. The minimum absolute atomic E-state index is 0. The van der Waals surface area contributed by atoms with Gasteiger partial charge in [0.2, 0.25) is 10.0 Å². The van der Waals surface area contributed by atoms with Gasteiger partial charge in [-0.25, -0.2) is 21.1 Å². The lowest BCUT2D eigenvalue weighted by Gasteiger charge is -2.29. The Morgan fingerprint density at radius 3 is 2.29 bits per heavy atom. The summed E-state index contributed by atoms with van der Waals surface area (Å²) in [5.74, 6) is -0.681. The number of rotatable bonds is 4. The molecule has 0 aromatic rings. The predicted molar refractivity (Wildman–Crippen MR) is 69.5 cm³/mol. The van der Waals surface area contributed by atoms with Crippen molar-refractivity contribution in [1.29, 1.82) is 0 Å². The first-order valence-electron chi connectivity index (χ1n) is 5.12. The number of sulfone groups is 1. The van der Waals surface area contributed by atoms with Crippen molar-refractivity contribution in [1.82, 2.24) is 4.31 Å². The maximum Gasteiger partial charge on any atom is 0.215 e. The number of halogens is 1. The van der Waals surface area contributed by atoms with Crippen molar-refractivity contribution in [3.63, 3.8) is 0 Å². The lowest BCUT2D eigenvalue weighted by Crippen LogP contribution is -2.47. The summed E-state index contributed by atoms with van der Waals surface area (Å²) in [5, 5.41) is 0. The van der Waals surface area contributed by atoms with E-state index >= 15 is 0 Å². The molecule has 0 aliphatic carbocycles. The quantitative estimate of drug-likeness (QED) is 0.734. The summed E-state index contributed by atoms with van der Waals surface area (Å²) in [6, 6.07) is -0.137. The van der Waals surface area contributed by atoms with Crippen LogP contribution in [0.15, 0.2) is 0 Å². The van der Waals surface area contributed by atoms with Crippen molar-refractivity contribution in [2.75, 3.05) is 30.9 Å². The normalized spacial score (nSPS) is 23.1. The van der Waals surface area contributed by atoms with Crippen molar-refractivity contribution in [2.45, 2.75) is 18.9 Å². The van der Waals surface area contributed by atoms with Gasteiger partial charge in [-0.15, -0.1) is 12.4 Å². The molecule has 0 spiro atoms. The van der Waals surface area contributed by atoms with Gasteiger partial charge >= 0.3 is 0 Å². The Hall–Kier alpha value is 0.110. The molecule has 0 aromatic carbocycles. The van der Waals surface area contributed by atoms with E-state index in [4.69, 9.17) is 5.73 Å². The minimum atomic E-state index is -3.48. The summed E-state index contributed by atoms with van der Waals surface area (Å²) in [5.41, 5.74) is 5.68. The Morgan fingerprint density at radius 2 is 1.82 bits per heavy atom. The summed E-state index contributed by atoms with van der Waals surface area (Å²) in [6.07, 6.45) is 2.59. The van der Waals surface area contributed by atoms with E-state index < -0.39 is 19.9 Å². The Morgan fingerprint density at radius 1 is 1.24 bits per heavy atom. The fourth-order valence-corrected chi connectivity index (χ4v) is 4.75. The second-order valence-electron chi connectivity index (χ2n) is 4.21. The highest BCUT2D eigenvalue weighted by molar-refractivity contribution is 7.93. The number of hydrogen-bond acceptors (Lipinski definition) is 5. The molecule has 0 amide bonds. The topological polar surface area (TPSA) is 97.5 Å². The van der Waals surface area contributed by atoms with Crippen LogP contribution in [0.1, 0.15) is 12.8 Å². The molecular formula is C8H19ClN2O4S2. The molecular weight excluding hydrogens is 288 g/mol. The molecule has 2 N–H and O–H groups in total. The van der Waals surface area contributed by atoms with E-state index in [1.165, 1.54) is 4.31 Å². The molecule has 1 aliphatic heterocycles. The fraction of sp³-hybridized carbons (Fsp3) is 1.00. The van der Waals surface area contributed by atoms with Gasteiger partial charge in [0.05, 0.1) is 11.5 Å². The van der Waals surface area contributed by atoms with Crippen LogP contribution in [0.2, 0.25) is 0 Å². The summed E-state index contributed by atoms with van der Waals surface area (Å²) in [4.78, 5) is 0. The zero-order chi connectivity index (χ0) is 12.4. The summed E-state index contributed by atoms with van der Waals surface area (Å²) in [7, 11) is -6.72. The van der Waals surface area contributed by atoms with E-state index in [-0.39, 0.29) is 30.0 Å². The SMILES string of the molecule is CS(=O)(=O)CCS(=O)(=O)N1CCCC(N)C1.Cl.